The number of carbonyl (C=O) groups is 1. The van der Waals surface area contributed by atoms with Gasteiger partial charge in [-0.3, -0.25) is 0 Å². The molecule has 3 nitrogen and oxygen atoms in total. The first kappa shape index (κ1) is 8.00. The first-order chi connectivity index (χ1) is 6.69. The lowest BCUT2D eigenvalue weighted by Crippen LogP contribution is -2.18. The van der Waals surface area contributed by atoms with Gasteiger partial charge in [-0.05, 0) is 30.5 Å². The molecule has 1 aliphatic carbocycles. The molecule has 1 fully saturated rings. The highest BCUT2D eigenvalue weighted by molar-refractivity contribution is 5.93. The van der Waals surface area contributed by atoms with Gasteiger partial charge in [0, 0.05) is 11.1 Å². The van der Waals surface area contributed by atoms with E-state index in [9.17, 15) is 4.79 Å². The van der Waals surface area contributed by atoms with Gasteiger partial charge in [-0.15, -0.1) is 0 Å². The third-order valence-corrected chi connectivity index (χ3v) is 3.05. The molecule has 14 heavy (non-hydrogen) atoms. The summed E-state index contributed by atoms with van der Waals surface area (Å²) in [7, 11) is 0. The number of hydrogen-bond acceptors (Lipinski definition) is 3. The van der Waals surface area contributed by atoms with Crippen molar-refractivity contribution in [2.45, 2.75) is 25.0 Å². The van der Waals surface area contributed by atoms with Crippen molar-refractivity contribution in [2.75, 3.05) is 0 Å². The van der Waals surface area contributed by atoms with E-state index in [4.69, 9.17) is 10.5 Å². The van der Waals surface area contributed by atoms with E-state index in [1.165, 1.54) is 0 Å². The monoisotopic (exact) mass is 189 g/mol. The second-order valence-corrected chi connectivity index (χ2v) is 4.10. The molecule has 1 heterocycles. The van der Waals surface area contributed by atoms with E-state index >= 15 is 0 Å². The van der Waals surface area contributed by atoms with Crippen LogP contribution in [0, 0.1) is 0 Å². The Bertz CT molecular complexity index is 421. The van der Waals surface area contributed by atoms with Crippen molar-refractivity contribution in [1.29, 1.82) is 0 Å². The summed E-state index contributed by atoms with van der Waals surface area (Å²) in [4.78, 5) is 11.2. The lowest BCUT2D eigenvalue weighted by atomic mass is 10.00. The molecule has 0 atom stereocenters. The molecule has 0 spiro atoms. The number of fused-ring (bicyclic) bond motifs is 1. The smallest absolute Gasteiger partial charge is 0.338 e. The van der Waals surface area contributed by atoms with Crippen molar-refractivity contribution in [3.05, 3.63) is 34.9 Å². The van der Waals surface area contributed by atoms with Crippen molar-refractivity contribution in [2.24, 2.45) is 5.73 Å². The molecule has 1 saturated carbocycles. The fourth-order valence-electron chi connectivity index (χ4n) is 1.87. The van der Waals surface area contributed by atoms with Gasteiger partial charge in [-0.1, -0.05) is 6.07 Å². The maximum Gasteiger partial charge on any atom is 0.338 e. The van der Waals surface area contributed by atoms with Crippen LogP contribution in [0.25, 0.3) is 0 Å². The molecule has 3 rings (SSSR count). The van der Waals surface area contributed by atoms with Gasteiger partial charge in [-0.2, -0.15) is 0 Å². The summed E-state index contributed by atoms with van der Waals surface area (Å²) in [6, 6.07) is 5.78. The summed E-state index contributed by atoms with van der Waals surface area (Å²) < 4.78 is 4.93. The quantitative estimate of drug-likeness (QED) is 0.677. The van der Waals surface area contributed by atoms with Gasteiger partial charge in [0.05, 0.1) is 5.56 Å². The number of cyclic esters (lactones) is 1. The Balaban J connectivity index is 2.08. The first-order valence-corrected chi connectivity index (χ1v) is 4.78. The van der Waals surface area contributed by atoms with Crippen molar-refractivity contribution in [1.82, 2.24) is 0 Å². The van der Waals surface area contributed by atoms with Crippen molar-refractivity contribution >= 4 is 5.97 Å². The Hall–Kier alpha value is -1.35. The normalized spacial score (nSPS) is 21.6. The maximum atomic E-state index is 11.2. The minimum absolute atomic E-state index is 0.124. The highest BCUT2D eigenvalue weighted by atomic mass is 16.5. The third kappa shape index (κ3) is 0.990. The summed E-state index contributed by atoms with van der Waals surface area (Å²) in [6.07, 6.45) is 2.08. The van der Waals surface area contributed by atoms with Gasteiger partial charge >= 0.3 is 5.97 Å². The van der Waals surface area contributed by atoms with E-state index in [2.05, 4.69) is 0 Å². The molecule has 2 aliphatic rings. The van der Waals surface area contributed by atoms with Crippen LogP contribution in [0.3, 0.4) is 0 Å². The molecule has 72 valence electrons. The van der Waals surface area contributed by atoms with Gasteiger partial charge in [0.2, 0.25) is 0 Å². The minimum atomic E-state index is -0.214. The highest BCUT2D eigenvalue weighted by Crippen LogP contribution is 2.43. The van der Waals surface area contributed by atoms with Crippen LogP contribution < -0.4 is 5.73 Å². The fraction of sp³-hybridized carbons (Fsp3) is 0.364. The number of benzene rings is 1. The average molecular weight is 189 g/mol. The van der Waals surface area contributed by atoms with E-state index < -0.39 is 0 Å². The molecule has 1 aromatic rings. The molecule has 0 amide bonds. The molecule has 2 N–H and O–H groups in total. The summed E-state index contributed by atoms with van der Waals surface area (Å²) in [5.41, 5.74) is 8.75. The molecule has 0 bridgehead atoms. The number of nitrogens with two attached hydrogens (primary N) is 1. The molecule has 1 aromatic carbocycles. The topological polar surface area (TPSA) is 52.3 Å². The van der Waals surface area contributed by atoms with Crippen molar-refractivity contribution in [3.63, 3.8) is 0 Å². The zero-order chi connectivity index (χ0) is 9.76. The zero-order valence-corrected chi connectivity index (χ0v) is 7.75. The summed E-state index contributed by atoms with van der Waals surface area (Å²) >= 11 is 0. The SMILES string of the molecule is NC1(c2ccc3c(c2)COC3=O)CC1. The highest BCUT2D eigenvalue weighted by Gasteiger charge is 2.40. The van der Waals surface area contributed by atoms with E-state index in [-0.39, 0.29) is 11.5 Å². The van der Waals surface area contributed by atoms with E-state index in [0.29, 0.717) is 12.2 Å². The summed E-state index contributed by atoms with van der Waals surface area (Å²) in [5, 5.41) is 0. The van der Waals surface area contributed by atoms with Crippen LogP contribution >= 0.6 is 0 Å². The Labute approximate surface area is 81.9 Å². The van der Waals surface area contributed by atoms with Crippen LogP contribution in [-0.4, -0.2) is 5.97 Å². The molecule has 0 radical (unpaired) electrons. The average Bonchev–Trinajstić information content (AvgIpc) is 2.84. The second-order valence-electron chi connectivity index (χ2n) is 4.10. The number of ether oxygens (including phenoxy) is 1. The first-order valence-electron chi connectivity index (χ1n) is 4.78. The lowest BCUT2D eigenvalue weighted by molar-refractivity contribution is 0.0535. The van der Waals surface area contributed by atoms with E-state index in [1.54, 1.807) is 0 Å². The molecule has 0 unspecified atom stereocenters. The minimum Gasteiger partial charge on any atom is -0.457 e. The molecule has 3 heteroatoms. The fourth-order valence-corrected chi connectivity index (χ4v) is 1.87. The second kappa shape index (κ2) is 2.36. The van der Waals surface area contributed by atoms with Crippen LogP contribution in [0.1, 0.15) is 34.3 Å². The Morgan fingerprint density at radius 2 is 2.14 bits per heavy atom. The van der Waals surface area contributed by atoms with Gasteiger partial charge in [0.1, 0.15) is 6.61 Å². The lowest BCUT2D eigenvalue weighted by Gasteiger charge is -2.09. The Morgan fingerprint density at radius 1 is 1.36 bits per heavy atom. The maximum absolute atomic E-state index is 11.2. The predicted octanol–water partition coefficient (Wildman–Crippen LogP) is 1.30. The van der Waals surface area contributed by atoms with Gasteiger partial charge < -0.3 is 10.5 Å². The molecular weight excluding hydrogens is 178 g/mol. The van der Waals surface area contributed by atoms with Crippen molar-refractivity contribution in [3.8, 4) is 0 Å². The van der Waals surface area contributed by atoms with Gasteiger partial charge in [0.15, 0.2) is 0 Å². The Morgan fingerprint density at radius 3 is 2.86 bits per heavy atom. The number of esters is 1. The van der Waals surface area contributed by atoms with E-state index in [0.717, 1.165) is 24.0 Å². The zero-order valence-electron chi connectivity index (χ0n) is 7.75. The number of rotatable bonds is 1. The standard InChI is InChI=1S/C11H11NO2/c12-11(3-4-11)8-1-2-9-7(5-8)6-14-10(9)13/h1-2,5H,3-4,6,12H2. The summed E-state index contributed by atoms with van der Waals surface area (Å²) in [5.74, 6) is -0.214. The van der Waals surface area contributed by atoms with Crippen LogP contribution in [0.15, 0.2) is 18.2 Å². The molecule has 0 aromatic heterocycles. The number of hydrogen-bond donors (Lipinski definition) is 1. The summed E-state index contributed by atoms with van der Waals surface area (Å²) in [6.45, 7) is 0.401. The molecule has 0 saturated heterocycles. The van der Waals surface area contributed by atoms with Crippen molar-refractivity contribution < 1.29 is 9.53 Å². The van der Waals surface area contributed by atoms with Crippen LogP contribution in [0.2, 0.25) is 0 Å². The van der Waals surface area contributed by atoms with Crippen LogP contribution in [0.4, 0.5) is 0 Å². The molecular formula is C11H11NO2. The van der Waals surface area contributed by atoms with Gasteiger partial charge in [0.25, 0.3) is 0 Å². The number of carbonyl (C=O) groups excluding carboxylic acids is 1. The molecule has 1 aliphatic heterocycles. The largest absolute Gasteiger partial charge is 0.457 e. The Kier molecular flexibility index (Phi) is 1.35. The van der Waals surface area contributed by atoms with E-state index in [1.807, 2.05) is 18.2 Å². The van der Waals surface area contributed by atoms with Crippen LogP contribution in [-0.2, 0) is 16.9 Å². The third-order valence-electron chi connectivity index (χ3n) is 3.05. The van der Waals surface area contributed by atoms with Crippen LogP contribution in [0.5, 0.6) is 0 Å². The van der Waals surface area contributed by atoms with Gasteiger partial charge in [-0.25, -0.2) is 4.79 Å². The predicted molar refractivity (Wildman–Crippen MR) is 50.7 cm³/mol.